The highest BCUT2D eigenvalue weighted by atomic mass is 16.7. The number of hydrogen-bond donors (Lipinski definition) is 1. The molecule has 5 nitrogen and oxygen atoms in total. The summed E-state index contributed by atoms with van der Waals surface area (Å²) < 4.78 is 17.2. The van der Waals surface area contributed by atoms with E-state index in [2.05, 4.69) is 25.2 Å². The molecule has 1 aromatic rings. The van der Waals surface area contributed by atoms with Crippen LogP contribution in [0.5, 0.6) is 5.75 Å². The summed E-state index contributed by atoms with van der Waals surface area (Å²) in [5, 5.41) is 3.08. The summed E-state index contributed by atoms with van der Waals surface area (Å²) in [4.78, 5) is 12.2. The third kappa shape index (κ3) is 4.53. The summed E-state index contributed by atoms with van der Waals surface area (Å²) in [5.41, 5.74) is 2.27. The minimum Gasteiger partial charge on any atom is -0.483 e. The summed E-state index contributed by atoms with van der Waals surface area (Å²) in [6, 6.07) is 6.37. The molecule has 5 heteroatoms. The molecule has 1 saturated heterocycles. The lowest BCUT2D eigenvalue weighted by Crippen LogP contribution is -2.45. The van der Waals surface area contributed by atoms with E-state index in [9.17, 15) is 4.79 Å². The highest BCUT2D eigenvalue weighted by molar-refractivity contribution is 5.77. The van der Waals surface area contributed by atoms with E-state index < -0.39 is 0 Å². The predicted octanol–water partition coefficient (Wildman–Crippen LogP) is 3.30. The fraction of sp³-hybridized carbons (Fsp3) is 0.650. The highest BCUT2D eigenvalue weighted by Gasteiger charge is 2.40. The van der Waals surface area contributed by atoms with Crippen molar-refractivity contribution in [1.29, 1.82) is 0 Å². The average Bonchev–Trinajstić information content (AvgIpc) is 3.04. The molecule has 0 atom stereocenters. The first-order valence-electron chi connectivity index (χ1n) is 9.28. The minimum atomic E-state index is -0.383. The molecule has 0 unspecified atom stereocenters. The molecule has 138 valence electrons. The molecule has 0 aromatic heterocycles. The Morgan fingerprint density at radius 1 is 1.28 bits per heavy atom. The van der Waals surface area contributed by atoms with Crippen LogP contribution in [0.25, 0.3) is 0 Å². The Balaban J connectivity index is 1.46. The second kappa shape index (κ2) is 7.75. The molecule has 1 aliphatic carbocycles. The molecule has 3 rings (SSSR count). The Hall–Kier alpha value is -1.59. The van der Waals surface area contributed by atoms with Crippen LogP contribution in [0.15, 0.2) is 18.2 Å². The molecule has 0 bridgehead atoms. The lowest BCUT2D eigenvalue weighted by Gasteiger charge is -2.35. The van der Waals surface area contributed by atoms with Crippen molar-refractivity contribution in [3.63, 3.8) is 0 Å². The highest BCUT2D eigenvalue weighted by Crippen LogP contribution is 2.35. The molecule has 1 saturated carbocycles. The molecular weight excluding hydrogens is 318 g/mol. The van der Waals surface area contributed by atoms with Gasteiger partial charge in [0.1, 0.15) is 5.75 Å². The molecule has 1 spiro atoms. The Morgan fingerprint density at radius 3 is 2.60 bits per heavy atom. The van der Waals surface area contributed by atoms with Gasteiger partial charge >= 0.3 is 0 Å². The molecule has 2 aliphatic rings. The van der Waals surface area contributed by atoms with Gasteiger partial charge < -0.3 is 19.5 Å². The number of benzene rings is 1. The first kappa shape index (κ1) is 18.2. The SMILES string of the molecule is Cc1ccc(C(C)C)cc1OCC(=O)NC1CCC2(CC1)OCCO2. The maximum absolute atomic E-state index is 12.2. The summed E-state index contributed by atoms with van der Waals surface area (Å²) in [5.74, 6) is 0.776. The number of rotatable bonds is 5. The average molecular weight is 347 g/mol. The van der Waals surface area contributed by atoms with Gasteiger partial charge in [0.15, 0.2) is 12.4 Å². The monoisotopic (exact) mass is 347 g/mol. The van der Waals surface area contributed by atoms with E-state index in [-0.39, 0.29) is 24.3 Å². The van der Waals surface area contributed by atoms with E-state index in [1.807, 2.05) is 19.1 Å². The fourth-order valence-electron chi connectivity index (χ4n) is 3.53. The van der Waals surface area contributed by atoms with E-state index in [1.54, 1.807) is 0 Å². The Morgan fingerprint density at radius 2 is 1.96 bits per heavy atom. The molecule has 1 N–H and O–H groups in total. The van der Waals surface area contributed by atoms with Gasteiger partial charge in [-0.3, -0.25) is 4.79 Å². The first-order valence-corrected chi connectivity index (χ1v) is 9.28. The van der Waals surface area contributed by atoms with Crippen molar-refractivity contribution in [3.05, 3.63) is 29.3 Å². The van der Waals surface area contributed by atoms with E-state index in [0.717, 1.165) is 37.0 Å². The zero-order valence-corrected chi connectivity index (χ0v) is 15.5. The third-order valence-corrected chi connectivity index (χ3v) is 5.16. The Labute approximate surface area is 150 Å². The number of nitrogens with one attached hydrogen (secondary N) is 1. The van der Waals surface area contributed by atoms with Gasteiger partial charge in [0.05, 0.1) is 13.2 Å². The van der Waals surface area contributed by atoms with Crippen molar-refractivity contribution in [1.82, 2.24) is 5.32 Å². The summed E-state index contributed by atoms with van der Waals surface area (Å²) >= 11 is 0. The molecule has 0 radical (unpaired) electrons. The second-order valence-corrected chi connectivity index (χ2v) is 7.42. The molecule has 1 amide bonds. The third-order valence-electron chi connectivity index (χ3n) is 5.16. The lowest BCUT2D eigenvalue weighted by molar-refractivity contribution is -0.180. The smallest absolute Gasteiger partial charge is 0.258 e. The van der Waals surface area contributed by atoms with E-state index in [0.29, 0.717) is 19.1 Å². The van der Waals surface area contributed by atoms with Gasteiger partial charge in [0.2, 0.25) is 0 Å². The predicted molar refractivity (Wildman–Crippen MR) is 95.8 cm³/mol. The summed E-state index contributed by atoms with van der Waals surface area (Å²) in [6.45, 7) is 7.71. The number of hydrogen-bond acceptors (Lipinski definition) is 4. The molecular formula is C20H29NO4. The summed E-state index contributed by atoms with van der Waals surface area (Å²) in [6.07, 6.45) is 3.45. The van der Waals surface area contributed by atoms with Gasteiger partial charge in [0.25, 0.3) is 5.91 Å². The molecule has 2 fully saturated rings. The van der Waals surface area contributed by atoms with Crippen molar-refractivity contribution < 1.29 is 19.0 Å². The van der Waals surface area contributed by atoms with Gasteiger partial charge in [-0.05, 0) is 42.9 Å². The topological polar surface area (TPSA) is 56.8 Å². The van der Waals surface area contributed by atoms with Gasteiger partial charge in [-0.15, -0.1) is 0 Å². The normalized spacial score (nSPS) is 20.2. The van der Waals surface area contributed by atoms with Crippen molar-refractivity contribution in [2.75, 3.05) is 19.8 Å². The second-order valence-electron chi connectivity index (χ2n) is 7.42. The van der Waals surface area contributed by atoms with Crippen LogP contribution >= 0.6 is 0 Å². The van der Waals surface area contributed by atoms with Crippen LogP contribution in [-0.4, -0.2) is 37.6 Å². The van der Waals surface area contributed by atoms with E-state index >= 15 is 0 Å². The fourth-order valence-corrected chi connectivity index (χ4v) is 3.53. The maximum atomic E-state index is 12.2. The Kier molecular flexibility index (Phi) is 5.64. The van der Waals surface area contributed by atoms with Gasteiger partial charge in [-0.25, -0.2) is 0 Å². The van der Waals surface area contributed by atoms with Crippen LogP contribution in [0.3, 0.4) is 0 Å². The number of amides is 1. The van der Waals surface area contributed by atoms with Crippen molar-refractivity contribution in [2.24, 2.45) is 0 Å². The molecule has 1 aliphatic heterocycles. The van der Waals surface area contributed by atoms with Crippen LogP contribution in [0.4, 0.5) is 0 Å². The number of aryl methyl sites for hydroxylation is 1. The molecule has 1 aromatic carbocycles. The van der Waals surface area contributed by atoms with Gasteiger partial charge in [0, 0.05) is 18.9 Å². The molecule has 1 heterocycles. The van der Waals surface area contributed by atoms with Crippen LogP contribution in [-0.2, 0) is 14.3 Å². The van der Waals surface area contributed by atoms with Crippen LogP contribution < -0.4 is 10.1 Å². The minimum absolute atomic E-state index is 0.0526. The zero-order chi connectivity index (χ0) is 17.9. The van der Waals surface area contributed by atoms with Crippen molar-refractivity contribution in [2.45, 2.75) is 64.2 Å². The van der Waals surface area contributed by atoms with Crippen LogP contribution in [0.2, 0.25) is 0 Å². The van der Waals surface area contributed by atoms with E-state index in [1.165, 1.54) is 5.56 Å². The number of ether oxygens (including phenoxy) is 3. The lowest BCUT2D eigenvalue weighted by atomic mass is 9.90. The molecule has 25 heavy (non-hydrogen) atoms. The van der Waals surface area contributed by atoms with Gasteiger partial charge in [-0.1, -0.05) is 26.0 Å². The largest absolute Gasteiger partial charge is 0.483 e. The standard InChI is InChI=1S/C20H29NO4/c1-14(2)16-5-4-15(3)18(12-16)23-13-19(22)21-17-6-8-20(9-7-17)24-10-11-25-20/h4-5,12,14,17H,6-11,13H2,1-3H3,(H,21,22). The van der Waals surface area contributed by atoms with Gasteiger partial charge in [-0.2, -0.15) is 0 Å². The quantitative estimate of drug-likeness (QED) is 0.888. The van der Waals surface area contributed by atoms with Crippen molar-refractivity contribution in [3.8, 4) is 5.75 Å². The first-order chi connectivity index (χ1) is 12.0. The van der Waals surface area contributed by atoms with Crippen LogP contribution in [0.1, 0.15) is 56.6 Å². The Bertz CT molecular complexity index is 598. The number of carbonyl (C=O) groups excluding carboxylic acids is 1. The van der Waals surface area contributed by atoms with Crippen LogP contribution in [0, 0.1) is 6.92 Å². The van der Waals surface area contributed by atoms with E-state index in [4.69, 9.17) is 14.2 Å². The maximum Gasteiger partial charge on any atom is 0.258 e. The zero-order valence-electron chi connectivity index (χ0n) is 15.5. The van der Waals surface area contributed by atoms with Crippen molar-refractivity contribution >= 4 is 5.91 Å². The summed E-state index contributed by atoms with van der Waals surface area (Å²) in [7, 11) is 0. The number of carbonyl (C=O) groups is 1.